The van der Waals surface area contributed by atoms with Gasteiger partial charge in [0, 0.05) is 6.07 Å². The zero-order valence-electron chi connectivity index (χ0n) is 7.91. The van der Waals surface area contributed by atoms with E-state index in [0.29, 0.717) is 0 Å². The Labute approximate surface area is 87.5 Å². The molecule has 74 valence electrons. The van der Waals surface area contributed by atoms with Gasteiger partial charge in [-0.15, -0.1) is 6.42 Å². The Morgan fingerprint density at radius 3 is 2.71 bits per heavy atom. The fourth-order valence-electron chi connectivity index (χ4n) is 0.757. The van der Waals surface area contributed by atoms with Crippen LogP contribution in [0.5, 0.6) is 5.88 Å². The molecule has 1 rings (SSSR count). The van der Waals surface area contributed by atoms with Gasteiger partial charge in [-0.25, -0.2) is 4.98 Å². The van der Waals surface area contributed by atoms with E-state index in [0.717, 1.165) is 0 Å². The molecule has 0 aliphatic rings. The molecule has 0 aliphatic heterocycles. The molecule has 5 heteroatoms. The van der Waals surface area contributed by atoms with Crippen molar-refractivity contribution >= 4 is 17.5 Å². The van der Waals surface area contributed by atoms with Crippen LogP contribution in [0.25, 0.3) is 0 Å². The van der Waals surface area contributed by atoms with E-state index in [1.54, 1.807) is 13.8 Å². The number of aromatic nitrogens is 2. The standard InChI is InChI=1S/C9H10ClN3O/c1-4-9(2,3)14-7-5-6(10)12-8(11)13-7/h1,5H,2-3H3,(H2,11,12,13). The van der Waals surface area contributed by atoms with E-state index in [9.17, 15) is 0 Å². The monoisotopic (exact) mass is 211 g/mol. The molecule has 4 nitrogen and oxygen atoms in total. The van der Waals surface area contributed by atoms with Gasteiger partial charge in [0.25, 0.3) is 0 Å². The minimum atomic E-state index is -0.746. The van der Waals surface area contributed by atoms with Gasteiger partial charge in [-0.05, 0) is 13.8 Å². The van der Waals surface area contributed by atoms with E-state index in [4.69, 9.17) is 28.5 Å². The average molecular weight is 212 g/mol. The summed E-state index contributed by atoms with van der Waals surface area (Å²) in [4.78, 5) is 7.52. The van der Waals surface area contributed by atoms with Crippen LogP contribution in [0.15, 0.2) is 6.07 Å². The van der Waals surface area contributed by atoms with Crippen LogP contribution in [0.4, 0.5) is 5.95 Å². The lowest BCUT2D eigenvalue weighted by atomic mass is 10.1. The second-order valence-electron chi connectivity index (χ2n) is 3.14. The molecule has 0 bridgehead atoms. The van der Waals surface area contributed by atoms with E-state index in [2.05, 4.69) is 15.9 Å². The van der Waals surface area contributed by atoms with Crippen molar-refractivity contribution in [1.82, 2.24) is 9.97 Å². The van der Waals surface area contributed by atoms with Gasteiger partial charge in [0.1, 0.15) is 5.15 Å². The molecule has 0 amide bonds. The number of ether oxygens (including phenoxy) is 1. The molecule has 0 aromatic carbocycles. The summed E-state index contributed by atoms with van der Waals surface area (Å²) in [7, 11) is 0. The SMILES string of the molecule is C#CC(C)(C)Oc1cc(Cl)nc(N)n1. The molecular weight excluding hydrogens is 202 g/mol. The Hall–Kier alpha value is -1.47. The highest BCUT2D eigenvalue weighted by Gasteiger charge is 2.17. The molecule has 0 aliphatic carbocycles. The number of nitrogens with two attached hydrogens (primary N) is 1. The molecule has 0 atom stereocenters. The van der Waals surface area contributed by atoms with Crippen LogP contribution in [0.1, 0.15) is 13.8 Å². The summed E-state index contributed by atoms with van der Waals surface area (Å²) < 4.78 is 5.36. The smallest absolute Gasteiger partial charge is 0.224 e. The molecule has 0 spiro atoms. The third-order valence-corrected chi connectivity index (χ3v) is 1.59. The lowest BCUT2D eigenvalue weighted by Crippen LogP contribution is -2.26. The first-order chi connectivity index (χ1) is 6.43. The number of nitrogens with zero attached hydrogens (tertiary/aromatic N) is 2. The highest BCUT2D eigenvalue weighted by Crippen LogP contribution is 2.19. The lowest BCUT2D eigenvalue weighted by molar-refractivity contribution is 0.165. The molecule has 14 heavy (non-hydrogen) atoms. The zero-order valence-corrected chi connectivity index (χ0v) is 8.67. The number of rotatable bonds is 2. The van der Waals surface area contributed by atoms with Gasteiger partial charge in [0.05, 0.1) is 0 Å². The first-order valence-corrected chi connectivity index (χ1v) is 4.27. The third kappa shape index (κ3) is 2.79. The summed E-state index contributed by atoms with van der Waals surface area (Å²) in [6, 6.07) is 1.46. The van der Waals surface area contributed by atoms with Crippen LogP contribution in [0.2, 0.25) is 5.15 Å². The van der Waals surface area contributed by atoms with Gasteiger partial charge >= 0.3 is 0 Å². The predicted molar refractivity (Wildman–Crippen MR) is 55.0 cm³/mol. The third-order valence-electron chi connectivity index (χ3n) is 1.40. The minimum absolute atomic E-state index is 0.0559. The van der Waals surface area contributed by atoms with Crippen molar-refractivity contribution in [2.24, 2.45) is 0 Å². The Bertz CT molecular complexity index is 364. The van der Waals surface area contributed by atoms with Crippen molar-refractivity contribution in [3.63, 3.8) is 0 Å². The maximum Gasteiger partial charge on any atom is 0.224 e. The van der Waals surface area contributed by atoms with Crippen LogP contribution in [-0.4, -0.2) is 15.6 Å². The van der Waals surface area contributed by atoms with Crippen molar-refractivity contribution in [2.75, 3.05) is 5.73 Å². The maximum atomic E-state index is 5.66. The van der Waals surface area contributed by atoms with Gasteiger partial charge in [0.15, 0.2) is 5.60 Å². The topological polar surface area (TPSA) is 61.0 Å². The Kier molecular flexibility index (Phi) is 2.82. The number of anilines is 1. The Morgan fingerprint density at radius 2 is 2.21 bits per heavy atom. The molecule has 1 heterocycles. The number of hydrogen-bond acceptors (Lipinski definition) is 4. The van der Waals surface area contributed by atoms with E-state index < -0.39 is 5.60 Å². The summed E-state index contributed by atoms with van der Waals surface area (Å²) >= 11 is 5.66. The molecular formula is C9H10ClN3O. The van der Waals surface area contributed by atoms with Crippen molar-refractivity contribution in [3.05, 3.63) is 11.2 Å². The zero-order chi connectivity index (χ0) is 10.8. The van der Waals surface area contributed by atoms with E-state index in [-0.39, 0.29) is 17.0 Å². The summed E-state index contributed by atoms with van der Waals surface area (Å²) in [5, 5.41) is 0.223. The summed E-state index contributed by atoms with van der Waals surface area (Å²) in [6.07, 6.45) is 5.25. The molecule has 0 saturated carbocycles. The van der Waals surface area contributed by atoms with Gasteiger partial charge in [0.2, 0.25) is 11.8 Å². The highest BCUT2D eigenvalue weighted by atomic mass is 35.5. The van der Waals surface area contributed by atoms with Crippen LogP contribution in [0, 0.1) is 12.3 Å². The molecule has 2 N–H and O–H groups in total. The molecule has 0 saturated heterocycles. The van der Waals surface area contributed by atoms with Crippen LogP contribution >= 0.6 is 11.6 Å². The van der Waals surface area contributed by atoms with Crippen molar-refractivity contribution in [2.45, 2.75) is 19.4 Å². The normalized spacial score (nSPS) is 10.7. The maximum absolute atomic E-state index is 5.66. The van der Waals surface area contributed by atoms with Crippen molar-refractivity contribution < 1.29 is 4.74 Å². The van der Waals surface area contributed by atoms with E-state index >= 15 is 0 Å². The lowest BCUT2D eigenvalue weighted by Gasteiger charge is -2.19. The first-order valence-electron chi connectivity index (χ1n) is 3.90. The summed E-state index contributed by atoms with van der Waals surface area (Å²) in [5.41, 5.74) is 4.64. The predicted octanol–water partition coefficient (Wildman–Crippen LogP) is 1.50. The average Bonchev–Trinajstić information content (AvgIpc) is 2.01. The molecule has 0 unspecified atom stereocenters. The van der Waals surface area contributed by atoms with Gasteiger partial charge in [-0.3, -0.25) is 0 Å². The van der Waals surface area contributed by atoms with Crippen LogP contribution < -0.4 is 10.5 Å². The summed E-state index contributed by atoms with van der Waals surface area (Å²) in [5.74, 6) is 2.79. The minimum Gasteiger partial charge on any atom is -0.458 e. The fourth-order valence-corrected chi connectivity index (χ4v) is 0.937. The second kappa shape index (κ2) is 3.72. The first kappa shape index (κ1) is 10.6. The molecule has 0 fully saturated rings. The summed E-state index contributed by atoms with van der Waals surface area (Å²) in [6.45, 7) is 3.47. The number of terminal acetylenes is 1. The Balaban J connectivity index is 2.94. The van der Waals surface area contributed by atoms with Crippen LogP contribution in [0.3, 0.4) is 0 Å². The largest absolute Gasteiger partial charge is 0.458 e. The van der Waals surface area contributed by atoms with Crippen LogP contribution in [-0.2, 0) is 0 Å². The molecule has 1 aromatic rings. The molecule has 0 radical (unpaired) electrons. The number of hydrogen-bond donors (Lipinski definition) is 1. The molecule has 1 aromatic heterocycles. The number of halogens is 1. The van der Waals surface area contributed by atoms with Crippen molar-refractivity contribution in [1.29, 1.82) is 0 Å². The second-order valence-corrected chi connectivity index (χ2v) is 3.53. The van der Waals surface area contributed by atoms with E-state index in [1.807, 2.05) is 0 Å². The Morgan fingerprint density at radius 1 is 1.57 bits per heavy atom. The number of nitrogen functional groups attached to an aromatic ring is 1. The van der Waals surface area contributed by atoms with Gasteiger partial charge in [-0.1, -0.05) is 17.5 Å². The van der Waals surface area contributed by atoms with Gasteiger partial charge in [-0.2, -0.15) is 4.98 Å². The quantitative estimate of drug-likeness (QED) is 0.595. The van der Waals surface area contributed by atoms with Gasteiger partial charge < -0.3 is 10.5 Å². The van der Waals surface area contributed by atoms with Crippen molar-refractivity contribution in [3.8, 4) is 18.2 Å². The fraction of sp³-hybridized carbons (Fsp3) is 0.333. The van der Waals surface area contributed by atoms with E-state index in [1.165, 1.54) is 6.07 Å². The highest BCUT2D eigenvalue weighted by molar-refractivity contribution is 6.29.